The van der Waals surface area contributed by atoms with Crippen molar-refractivity contribution < 1.29 is 0 Å². The van der Waals surface area contributed by atoms with Crippen LogP contribution in [0.5, 0.6) is 0 Å². The third-order valence-corrected chi connectivity index (χ3v) is 3.86. The summed E-state index contributed by atoms with van der Waals surface area (Å²) in [5, 5.41) is 4.75. The third-order valence-electron chi connectivity index (χ3n) is 3.02. The van der Waals surface area contributed by atoms with Crippen molar-refractivity contribution in [1.29, 1.82) is 0 Å². The molecule has 0 radical (unpaired) electrons. The molecule has 3 heteroatoms. The molecule has 19 heavy (non-hydrogen) atoms. The smallest absolute Gasteiger partial charge is 0.0643 e. The molecule has 0 aliphatic heterocycles. The van der Waals surface area contributed by atoms with Crippen molar-refractivity contribution in [3.8, 4) is 0 Å². The van der Waals surface area contributed by atoms with Crippen LogP contribution in [0.1, 0.15) is 30.5 Å². The van der Waals surface area contributed by atoms with Crippen LogP contribution in [0, 0.1) is 0 Å². The fourth-order valence-electron chi connectivity index (χ4n) is 2.08. The van der Waals surface area contributed by atoms with Crippen LogP contribution in [-0.2, 0) is 0 Å². The van der Waals surface area contributed by atoms with E-state index in [0.29, 0.717) is 10.0 Å². The van der Waals surface area contributed by atoms with E-state index in [1.54, 1.807) is 0 Å². The Morgan fingerprint density at radius 3 is 2.42 bits per heavy atom. The summed E-state index contributed by atoms with van der Waals surface area (Å²) < 4.78 is 0. The average molecular weight is 294 g/mol. The van der Waals surface area contributed by atoms with Crippen molar-refractivity contribution >= 4 is 23.2 Å². The molecule has 100 valence electrons. The Morgan fingerprint density at radius 1 is 1.00 bits per heavy atom. The molecular weight excluding hydrogens is 277 g/mol. The Hall–Kier alpha value is -1.02. The van der Waals surface area contributed by atoms with Crippen LogP contribution in [0.4, 0.5) is 0 Å². The van der Waals surface area contributed by atoms with E-state index in [4.69, 9.17) is 23.2 Å². The molecule has 2 rings (SSSR count). The highest BCUT2D eigenvalue weighted by Crippen LogP contribution is 2.33. The summed E-state index contributed by atoms with van der Waals surface area (Å²) in [6.45, 7) is 3.08. The summed E-state index contributed by atoms with van der Waals surface area (Å²) in [7, 11) is 0. The molecule has 0 saturated carbocycles. The molecule has 0 fully saturated rings. The molecule has 2 aromatic carbocycles. The van der Waals surface area contributed by atoms with Crippen LogP contribution in [0.25, 0.3) is 0 Å². The van der Waals surface area contributed by atoms with Crippen LogP contribution < -0.4 is 5.32 Å². The lowest BCUT2D eigenvalue weighted by atomic mass is 9.98. The van der Waals surface area contributed by atoms with Crippen molar-refractivity contribution in [2.45, 2.75) is 19.4 Å². The first kappa shape index (κ1) is 14.4. The first-order valence-corrected chi connectivity index (χ1v) is 7.22. The van der Waals surface area contributed by atoms with E-state index >= 15 is 0 Å². The Balaban J connectivity index is 2.40. The Labute approximate surface area is 124 Å². The normalized spacial score (nSPS) is 12.4. The van der Waals surface area contributed by atoms with Gasteiger partial charge in [-0.2, -0.15) is 0 Å². The van der Waals surface area contributed by atoms with Gasteiger partial charge in [0.2, 0.25) is 0 Å². The lowest BCUT2D eigenvalue weighted by Gasteiger charge is -2.21. The number of hydrogen-bond acceptors (Lipinski definition) is 1. The summed E-state index contributed by atoms with van der Waals surface area (Å²) in [4.78, 5) is 0. The van der Waals surface area contributed by atoms with Gasteiger partial charge in [-0.3, -0.25) is 0 Å². The monoisotopic (exact) mass is 293 g/mol. The van der Waals surface area contributed by atoms with E-state index in [2.05, 4.69) is 24.4 Å². The Kier molecular flexibility index (Phi) is 5.26. The predicted molar refractivity (Wildman–Crippen MR) is 83.0 cm³/mol. The highest BCUT2D eigenvalue weighted by molar-refractivity contribution is 6.42. The lowest BCUT2D eigenvalue weighted by molar-refractivity contribution is 0.599. The van der Waals surface area contributed by atoms with Crippen molar-refractivity contribution in [1.82, 2.24) is 5.32 Å². The van der Waals surface area contributed by atoms with Crippen molar-refractivity contribution in [3.63, 3.8) is 0 Å². The van der Waals surface area contributed by atoms with Gasteiger partial charge in [-0.1, -0.05) is 72.6 Å². The summed E-state index contributed by atoms with van der Waals surface area (Å²) in [6.07, 6.45) is 1.07. The molecule has 2 aromatic rings. The molecular formula is C16H17Cl2N. The van der Waals surface area contributed by atoms with E-state index in [0.717, 1.165) is 18.5 Å². The van der Waals surface area contributed by atoms with Crippen molar-refractivity contribution in [2.24, 2.45) is 0 Å². The van der Waals surface area contributed by atoms with Crippen LogP contribution >= 0.6 is 23.2 Å². The first-order chi connectivity index (χ1) is 9.24. The molecule has 0 aromatic heterocycles. The molecule has 1 atom stereocenters. The fourth-order valence-corrected chi connectivity index (χ4v) is 2.50. The molecule has 0 bridgehead atoms. The zero-order valence-corrected chi connectivity index (χ0v) is 12.4. The molecule has 0 aliphatic rings. The van der Waals surface area contributed by atoms with E-state index in [1.807, 2.05) is 36.4 Å². The summed E-state index contributed by atoms with van der Waals surface area (Å²) >= 11 is 12.5. The standard InChI is InChI=1S/C16H17Cl2N/c1-2-11-19-16(12-7-4-3-5-8-12)13-9-6-10-14(17)15(13)18/h3-10,16,19H,2,11H2,1H3. The Morgan fingerprint density at radius 2 is 1.74 bits per heavy atom. The van der Waals surface area contributed by atoms with E-state index < -0.39 is 0 Å². The second-order valence-corrected chi connectivity index (χ2v) is 5.23. The third kappa shape index (κ3) is 3.50. The molecule has 0 heterocycles. The van der Waals surface area contributed by atoms with Gasteiger partial charge >= 0.3 is 0 Å². The zero-order chi connectivity index (χ0) is 13.7. The SMILES string of the molecule is CCCNC(c1ccccc1)c1cccc(Cl)c1Cl. The maximum atomic E-state index is 6.34. The molecule has 1 unspecified atom stereocenters. The summed E-state index contributed by atoms with van der Waals surface area (Å²) in [5.74, 6) is 0. The fraction of sp³-hybridized carbons (Fsp3) is 0.250. The van der Waals surface area contributed by atoms with Crippen LogP contribution in [0.15, 0.2) is 48.5 Å². The van der Waals surface area contributed by atoms with E-state index in [1.165, 1.54) is 5.56 Å². The van der Waals surface area contributed by atoms with Crippen LogP contribution in [0.3, 0.4) is 0 Å². The molecule has 1 nitrogen and oxygen atoms in total. The quantitative estimate of drug-likeness (QED) is 0.810. The van der Waals surface area contributed by atoms with Gasteiger partial charge in [0.25, 0.3) is 0 Å². The van der Waals surface area contributed by atoms with Gasteiger partial charge in [0.05, 0.1) is 16.1 Å². The van der Waals surface area contributed by atoms with Gasteiger partial charge in [-0.15, -0.1) is 0 Å². The first-order valence-electron chi connectivity index (χ1n) is 6.46. The Bertz CT molecular complexity index is 526. The summed E-state index contributed by atoms with van der Waals surface area (Å²) in [5.41, 5.74) is 2.22. The molecule has 0 saturated heterocycles. The molecule has 0 aliphatic carbocycles. The van der Waals surface area contributed by atoms with Crippen LogP contribution in [-0.4, -0.2) is 6.54 Å². The van der Waals surface area contributed by atoms with Gasteiger partial charge in [0.1, 0.15) is 0 Å². The number of benzene rings is 2. The van der Waals surface area contributed by atoms with E-state index in [-0.39, 0.29) is 6.04 Å². The average Bonchev–Trinajstić information content (AvgIpc) is 2.45. The minimum atomic E-state index is 0.0762. The lowest BCUT2D eigenvalue weighted by Crippen LogP contribution is -2.23. The van der Waals surface area contributed by atoms with E-state index in [9.17, 15) is 0 Å². The summed E-state index contributed by atoms with van der Waals surface area (Å²) in [6, 6.07) is 16.1. The number of hydrogen-bond donors (Lipinski definition) is 1. The molecule has 0 amide bonds. The molecule has 0 spiro atoms. The van der Waals surface area contributed by atoms with Crippen molar-refractivity contribution in [2.75, 3.05) is 6.54 Å². The second-order valence-electron chi connectivity index (χ2n) is 4.44. The molecule has 1 N–H and O–H groups in total. The van der Waals surface area contributed by atoms with Gasteiger partial charge in [0, 0.05) is 0 Å². The van der Waals surface area contributed by atoms with Crippen LogP contribution in [0.2, 0.25) is 10.0 Å². The predicted octanol–water partition coefficient (Wildman–Crippen LogP) is 5.08. The zero-order valence-electron chi connectivity index (χ0n) is 10.9. The second kappa shape index (κ2) is 6.95. The van der Waals surface area contributed by atoms with Gasteiger partial charge in [-0.25, -0.2) is 0 Å². The highest BCUT2D eigenvalue weighted by atomic mass is 35.5. The largest absolute Gasteiger partial charge is 0.306 e. The topological polar surface area (TPSA) is 12.0 Å². The maximum absolute atomic E-state index is 6.34. The number of rotatable bonds is 5. The maximum Gasteiger partial charge on any atom is 0.0643 e. The van der Waals surface area contributed by atoms with Gasteiger partial charge < -0.3 is 5.32 Å². The number of halogens is 2. The highest BCUT2D eigenvalue weighted by Gasteiger charge is 2.17. The minimum absolute atomic E-state index is 0.0762. The van der Waals surface area contributed by atoms with Gasteiger partial charge in [-0.05, 0) is 30.2 Å². The minimum Gasteiger partial charge on any atom is -0.306 e. The van der Waals surface area contributed by atoms with Crippen molar-refractivity contribution in [3.05, 3.63) is 69.7 Å². The van der Waals surface area contributed by atoms with Gasteiger partial charge in [0.15, 0.2) is 0 Å². The number of nitrogens with one attached hydrogen (secondary N) is 1.